The second kappa shape index (κ2) is 9.48. The van der Waals surface area contributed by atoms with Crippen molar-refractivity contribution in [1.82, 2.24) is 25.1 Å². The van der Waals surface area contributed by atoms with E-state index in [1.165, 1.54) is 11.8 Å². The first-order chi connectivity index (χ1) is 15.2. The number of carbonyl (C=O) groups is 1. The fraction of sp³-hybridized carbons (Fsp3) is 0.182. The Labute approximate surface area is 183 Å². The number of methoxy groups -OCH3 is 2. The lowest BCUT2D eigenvalue weighted by molar-refractivity contribution is -0.118. The number of benzene rings is 2. The summed E-state index contributed by atoms with van der Waals surface area (Å²) in [7, 11) is 3.24. The Hall–Kier alpha value is -3.59. The smallest absolute Gasteiger partial charge is 0.230 e. The summed E-state index contributed by atoms with van der Waals surface area (Å²) in [6.45, 7) is 0.391. The van der Waals surface area contributed by atoms with Crippen molar-refractivity contribution >= 4 is 23.3 Å². The number of nitrogens with one attached hydrogen (secondary N) is 1. The summed E-state index contributed by atoms with van der Waals surface area (Å²) in [6.07, 6.45) is 0. The van der Waals surface area contributed by atoms with Crippen LogP contribution in [-0.2, 0) is 11.3 Å². The van der Waals surface area contributed by atoms with E-state index >= 15 is 0 Å². The molecule has 0 aliphatic carbocycles. The van der Waals surface area contributed by atoms with Crippen LogP contribution in [0, 0.1) is 0 Å². The zero-order valence-electron chi connectivity index (χ0n) is 17.1. The minimum atomic E-state index is -0.114. The molecular weight excluding hydrogens is 414 g/mol. The molecule has 1 amide bonds. The van der Waals surface area contributed by atoms with Gasteiger partial charge >= 0.3 is 0 Å². The van der Waals surface area contributed by atoms with Crippen molar-refractivity contribution in [3.8, 4) is 22.8 Å². The molecule has 4 rings (SSSR count). The Kier molecular flexibility index (Phi) is 6.32. The number of thioether (sulfide) groups is 1. The molecule has 0 saturated heterocycles. The summed E-state index contributed by atoms with van der Waals surface area (Å²) in [4.78, 5) is 12.3. The van der Waals surface area contributed by atoms with Gasteiger partial charge in [0.1, 0.15) is 11.5 Å². The maximum atomic E-state index is 12.3. The summed E-state index contributed by atoms with van der Waals surface area (Å²) in [5.41, 5.74) is 3.21. The standard InChI is InChI=1S/C22H21N5O3S/c1-29-17-8-5-7-15(12-17)18-10-11-20-24-25-22(27(20)26-18)31-14-21(28)23-13-16-6-3-4-9-19(16)30-2/h3-12H,13-14H2,1-2H3,(H,23,28). The van der Waals surface area contributed by atoms with E-state index in [2.05, 4.69) is 20.6 Å². The van der Waals surface area contributed by atoms with Crippen LogP contribution < -0.4 is 14.8 Å². The van der Waals surface area contributed by atoms with Gasteiger partial charge < -0.3 is 14.8 Å². The first-order valence-corrected chi connectivity index (χ1v) is 10.5. The zero-order valence-corrected chi connectivity index (χ0v) is 17.9. The molecule has 0 bridgehead atoms. The molecule has 0 aliphatic rings. The predicted octanol–water partition coefficient (Wildman–Crippen LogP) is 3.22. The molecule has 2 aromatic carbocycles. The molecule has 0 saturated carbocycles. The third-order valence-electron chi connectivity index (χ3n) is 4.60. The molecule has 0 unspecified atom stereocenters. The van der Waals surface area contributed by atoms with Gasteiger partial charge in [0.25, 0.3) is 0 Å². The van der Waals surface area contributed by atoms with Gasteiger partial charge in [-0.2, -0.15) is 9.61 Å². The van der Waals surface area contributed by atoms with Gasteiger partial charge in [0.2, 0.25) is 11.1 Å². The number of nitrogens with zero attached hydrogens (tertiary/aromatic N) is 4. The van der Waals surface area contributed by atoms with Gasteiger partial charge in [-0.15, -0.1) is 10.2 Å². The number of para-hydroxylation sites is 1. The van der Waals surface area contributed by atoms with E-state index in [-0.39, 0.29) is 11.7 Å². The Balaban J connectivity index is 1.44. The van der Waals surface area contributed by atoms with Crippen molar-refractivity contribution in [2.24, 2.45) is 0 Å². The lowest BCUT2D eigenvalue weighted by Crippen LogP contribution is -2.24. The second-order valence-electron chi connectivity index (χ2n) is 6.58. The SMILES string of the molecule is COc1cccc(-c2ccc3nnc(SCC(=O)NCc4ccccc4OC)n3n2)c1. The van der Waals surface area contributed by atoms with Crippen molar-refractivity contribution in [2.75, 3.05) is 20.0 Å². The average Bonchev–Trinajstić information content (AvgIpc) is 3.23. The maximum Gasteiger partial charge on any atom is 0.230 e. The molecule has 31 heavy (non-hydrogen) atoms. The van der Waals surface area contributed by atoms with Crippen molar-refractivity contribution in [3.05, 3.63) is 66.2 Å². The van der Waals surface area contributed by atoms with Crippen LogP contribution in [0.3, 0.4) is 0 Å². The predicted molar refractivity (Wildman–Crippen MR) is 118 cm³/mol. The topological polar surface area (TPSA) is 90.6 Å². The van der Waals surface area contributed by atoms with Crippen molar-refractivity contribution in [1.29, 1.82) is 0 Å². The van der Waals surface area contributed by atoms with Gasteiger partial charge in [-0.25, -0.2) is 0 Å². The van der Waals surface area contributed by atoms with Crippen molar-refractivity contribution in [3.63, 3.8) is 0 Å². The lowest BCUT2D eigenvalue weighted by atomic mass is 10.1. The maximum absolute atomic E-state index is 12.3. The molecule has 4 aromatic rings. The first-order valence-electron chi connectivity index (χ1n) is 9.56. The summed E-state index contributed by atoms with van der Waals surface area (Å²) in [6, 6.07) is 19.0. The third kappa shape index (κ3) is 4.77. The summed E-state index contributed by atoms with van der Waals surface area (Å²) >= 11 is 1.28. The first kappa shape index (κ1) is 20.7. The second-order valence-corrected chi connectivity index (χ2v) is 7.52. The zero-order chi connectivity index (χ0) is 21.6. The van der Waals surface area contributed by atoms with E-state index in [4.69, 9.17) is 9.47 Å². The van der Waals surface area contributed by atoms with E-state index in [9.17, 15) is 4.79 Å². The van der Waals surface area contributed by atoms with E-state index in [0.717, 1.165) is 28.3 Å². The molecular formula is C22H21N5O3S. The average molecular weight is 436 g/mol. The van der Waals surface area contributed by atoms with Gasteiger partial charge in [-0.3, -0.25) is 4.79 Å². The fourth-order valence-electron chi connectivity index (χ4n) is 3.02. The molecule has 0 atom stereocenters. The molecule has 9 heteroatoms. The van der Waals surface area contributed by atoms with Crippen LogP contribution in [-0.4, -0.2) is 45.7 Å². The summed E-state index contributed by atoms with van der Waals surface area (Å²) in [5, 5.41) is 16.4. The Morgan fingerprint density at radius 3 is 2.74 bits per heavy atom. The highest BCUT2D eigenvalue weighted by Gasteiger charge is 2.12. The number of carbonyl (C=O) groups excluding carboxylic acids is 1. The van der Waals surface area contributed by atoms with Gasteiger partial charge in [0.05, 0.1) is 25.7 Å². The van der Waals surface area contributed by atoms with Gasteiger partial charge in [-0.05, 0) is 30.3 Å². The molecule has 2 aromatic heterocycles. The van der Waals surface area contributed by atoms with Crippen LogP contribution in [0.25, 0.3) is 16.9 Å². The largest absolute Gasteiger partial charge is 0.497 e. The van der Waals surface area contributed by atoms with Crippen LogP contribution in [0.1, 0.15) is 5.56 Å². The third-order valence-corrected chi connectivity index (χ3v) is 5.52. The minimum absolute atomic E-state index is 0.114. The molecule has 1 N–H and O–H groups in total. The van der Waals surface area contributed by atoms with E-state index in [1.54, 1.807) is 18.7 Å². The number of ether oxygens (including phenoxy) is 2. The van der Waals surface area contributed by atoms with Crippen molar-refractivity contribution < 1.29 is 14.3 Å². The highest BCUT2D eigenvalue weighted by molar-refractivity contribution is 7.99. The fourth-order valence-corrected chi connectivity index (χ4v) is 3.74. The molecule has 158 valence electrons. The number of hydrogen-bond acceptors (Lipinski definition) is 7. The molecule has 2 heterocycles. The normalized spacial score (nSPS) is 10.8. The number of hydrogen-bond donors (Lipinski definition) is 1. The van der Waals surface area contributed by atoms with Crippen LogP contribution in [0.15, 0.2) is 65.8 Å². The molecule has 0 radical (unpaired) electrons. The molecule has 0 aliphatic heterocycles. The van der Waals surface area contributed by atoms with Gasteiger partial charge in [-0.1, -0.05) is 42.1 Å². The van der Waals surface area contributed by atoms with Gasteiger partial charge in [0, 0.05) is 17.7 Å². The molecule has 0 fully saturated rings. The van der Waals surface area contributed by atoms with Crippen LogP contribution >= 0.6 is 11.8 Å². The number of rotatable bonds is 8. The number of fused-ring (bicyclic) bond motifs is 1. The van der Waals surface area contributed by atoms with Gasteiger partial charge in [0.15, 0.2) is 5.65 Å². The highest BCUT2D eigenvalue weighted by atomic mass is 32.2. The molecule has 0 spiro atoms. The highest BCUT2D eigenvalue weighted by Crippen LogP contribution is 2.24. The number of aromatic nitrogens is 4. The lowest BCUT2D eigenvalue weighted by Gasteiger charge is -2.09. The van der Waals surface area contributed by atoms with E-state index in [0.29, 0.717) is 17.3 Å². The monoisotopic (exact) mass is 435 g/mol. The van der Waals surface area contributed by atoms with E-state index < -0.39 is 0 Å². The van der Waals surface area contributed by atoms with Crippen molar-refractivity contribution in [2.45, 2.75) is 11.7 Å². The minimum Gasteiger partial charge on any atom is -0.497 e. The Bertz CT molecular complexity index is 1210. The van der Waals surface area contributed by atoms with Crippen LogP contribution in [0.5, 0.6) is 11.5 Å². The van der Waals surface area contributed by atoms with Crippen LogP contribution in [0.2, 0.25) is 0 Å². The Morgan fingerprint density at radius 2 is 1.90 bits per heavy atom. The van der Waals surface area contributed by atoms with Crippen LogP contribution in [0.4, 0.5) is 0 Å². The Morgan fingerprint density at radius 1 is 1.03 bits per heavy atom. The quantitative estimate of drug-likeness (QED) is 0.425. The summed E-state index contributed by atoms with van der Waals surface area (Å²) < 4.78 is 12.2. The summed E-state index contributed by atoms with van der Waals surface area (Å²) in [5.74, 6) is 1.58. The van der Waals surface area contributed by atoms with E-state index in [1.807, 2.05) is 60.7 Å². The molecule has 8 nitrogen and oxygen atoms in total. The number of amides is 1.